The first kappa shape index (κ1) is 16.6. The van der Waals surface area contributed by atoms with E-state index in [2.05, 4.69) is 14.9 Å². The van der Waals surface area contributed by atoms with Gasteiger partial charge < -0.3 is 14.2 Å². The number of amides is 1. The van der Waals surface area contributed by atoms with E-state index in [1.165, 1.54) is 19.3 Å². The molecule has 0 radical (unpaired) electrons. The third-order valence-electron chi connectivity index (χ3n) is 4.84. The van der Waals surface area contributed by atoms with Gasteiger partial charge in [-0.1, -0.05) is 0 Å². The van der Waals surface area contributed by atoms with Gasteiger partial charge in [-0.25, -0.2) is 9.97 Å². The van der Waals surface area contributed by atoms with Gasteiger partial charge in [-0.05, 0) is 49.6 Å². The number of nitrogens with zero attached hydrogens (tertiary/aromatic N) is 4. The maximum Gasteiger partial charge on any atom is 0.254 e. The first-order valence-corrected chi connectivity index (χ1v) is 9.00. The molecule has 0 spiro atoms. The fourth-order valence-corrected chi connectivity index (χ4v) is 3.46. The van der Waals surface area contributed by atoms with E-state index < -0.39 is 0 Å². The Bertz CT molecular complexity index is 901. The highest BCUT2D eigenvalue weighted by molar-refractivity contribution is 6.00. The molecule has 1 aliphatic heterocycles. The number of rotatable bonds is 4. The summed E-state index contributed by atoms with van der Waals surface area (Å²) in [6.45, 7) is 2.44. The Hall–Kier alpha value is -2.89. The van der Waals surface area contributed by atoms with Crippen LogP contribution in [-0.4, -0.2) is 40.9 Å². The fourth-order valence-electron chi connectivity index (χ4n) is 3.46. The number of benzene rings is 1. The van der Waals surface area contributed by atoms with Gasteiger partial charge in [0.05, 0.1) is 18.3 Å². The fraction of sp³-hybridized carbons (Fsp3) is 0.350. The molecule has 0 bridgehead atoms. The predicted molar refractivity (Wildman–Crippen MR) is 100 cm³/mol. The Labute approximate surface area is 152 Å². The highest BCUT2D eigenvalue weighted by atomic mass is 16.3. The van der Waals surface area contributed by atoms with Gasteiger partial charge in [-0.3, -0.25) is 4.79 Å². The predicted octanol–water partition coefficient (Wildman–Crippen LogP) is 3.49. The summed E-state index contributed by atoms with van der Waals surface area (Å²) in [6.07, 6.45) is 6.84. The lowest BCUT2D eigenvalue weighted by molar-refractivity contribution is 0.0775. The van der Waals surface area contributed by atoms with Gasteiger partial charge in [-0.15, -0.1) is 0 Å². The molecule has 134 valence electrons. The van der Waals surface area contributed by atoms with Crippen LogP contribution in [0.2, 0.25) is 0 Å². The topological polar surface area (TPSA) is 62.5 Å². The van der Waals surface area contributed by atoms with Crippen molar-refractivity contribution in [3.63, 3.8) is 0 Å². The molecule has 1 fully saturated rings. The zero-order valence-electron chi connectivity index (χ0n) is 14.9. The van der Waals surface area contributed by atoms with E-state index in [4.69, 9.17) is 4.42 Å². The Morgan fingerprint density at radius 2 is 2.04 bits per heavy atom. The smallest absolute Gasteiger partial charge is 0.254 e. The molecule has 6 heteroatoms. The molecule has 2 aromatic heterocycles. The summed E-state index contributed by atoms with van der Waals surface area (Å²) in [5.41, 5.74) is 1.51. The van der Waals surface area contributed by atoms with Crippen molar-refractivity contribution in [1.82, 2.24) is 14.9 Å². The van der Waals surface area contributed by atoms with Gasteiger partial charge in [0, 0.05) is 31.1 Å². The first-order chi connectivity index (χ1) is 12.7. The molecule has 0 unspecified atom stereocenters. The number of anilines is 1. The van der Waals surface area contributed by atoms with Gasteiger partial charge in [0.2, 0.25) is 0 Å². The lowest BCUT2D eigenvalue weighted by Gasteiger charge is -2.28. The summed E-state index contributed by atoms with van der Waals surface area (Å²) in [5.74, 6) is 1.65. The average molecular weight is 350 g/mol. The summed E-state index contributed by atoms with van der Waals surface area (Å²) in [5, 5.41) is 0.937. The molecule has 26 heavy (non-hydrogen) atoms. The number of carbonyl (C=O) groups excluding carboxylic acids is 1. The Morgan fingerprint density at radius 3 is 2.81 bits per heavy atom. The van der Waals surface area contributed by atoms with E-state index in [0.717, 1.165) is 35.6 Å². The van der Waals surface area contributed by atoms with Crippen LogP contribution in [0.3, 0.4) is 0 Å². The SMILES string of the molecule is CN(Cc1ccco1)C(=O)c1ccc2ncnc(N3CCCCC3)c2c1. The summed E-state index contributed by atoms with van der Waals surface area (Å²) in [6, 6.07) is 9.34. The minimum Gasteiger partial charge on any atom is -0.467 e. The lowest BCUT2D eigenvalue weighted by atomic mass is 10.1. The number of carbonyl (C=O) groups is 1. The second-order valence-corrected chi connectivity index (χ2v) is 6.72. The van der Waals surface area contributed by atoms with Crippen LogP contribution in [0.15, 0.2) is 47.3 Å². The molecule has 1 saturated heterocycles. The van der Waals surface area contributed by atoms with Crippen LogP contribution < -0.4 is 4.90 Å². The highest BCUT2D eigenvalue weighted by Crippen LogP contribution is 2.27. The zero-order chi connectivity index (χ0) is 17.9. The first-order valence-electron chi connectivity index (χ1n) is 9.00. The molecule has 6 nitrogen and oxygen atoms in total. The van der Waals surface area contributed by atoms with Crippen LogP contribution in [0.1, 0.15) is 35.4 Å². The minimum absolute atomic E-state index is 0.0447. The molecular formula is C20H22N4O2. The lowest BCUT2D eigenvalue weighted by Crippen LogP contribution is -2.30. The number of hydrogen-bond donors (Lipinski definition) is 0. The summed E-state index contributed by atoms with van der Waals surface area (Å²) < 4.78 is 5.34. The molecule has 0 aliphatic carbocycles. The maximum atomic E-state index is 12.8. The van der Waals surface area contributed by atoms with Crippen molar-refractivity contribution in [2.24, 2.45) is 0 Å². The average Bonchev–Trinajstić information content (AvgIpc) is 3.20. The summed E-state index contributed by atoms with van der Waals surface area (Å²) in [4.78, 5) is 25.7. The molecule has 3 aromatic rings. The third-order valence-corrected chi connectivity index (χ3v) is 4.84. The van der Waals surface area contributed by atoms with Crippen LogP contribution in [0.5, 0.6) is 0 Å². The summed E-state index contributed by atoms with van der Waals surface area (Å²) >= 11 is 0. The van der Waals surface area contributed by atoms with Gasteiger partial charge >= 0.3 is 0 Å². The Balaban J connectivity index is 1.64. The van der Waals surface area contributed by atoms with Gasteiger partial charge in [-0.2, -0.15) is 0 Å². The standard InChI is InChI=1S/C20H22N4O2/c1-23(13-16-6-5-11-26-16)20(25)15-7-8-18-17(12-15)19(22-14-21-18)24-9-3-2-4-10-24/h5-8,11-12,14H,2-4,9-10,13H2,1H3. The van der Waals surface area contributed by atoms with Crippen molar-refractivity contribution < 1.29 is 9.21 Å². The highest BCUT2D eigenvalue weighted by Gasteiger charge is 2.18. The molecule has 0 N–H and O–H groups in total. The van der Waals surface area contributed by atoms with Gasteiger partial charge in [0.15, 0.2) is 0 Å². The monoisotopic (exact) mass is 350 g/mol. The van der Waals surface area contributed by atoms with Crippen molar-refractivity contribution in [3.05, 3.63) is 54.2 Å². The molecule has 4 rings (SSSR count). The normalized spacial score (nSPS) is 14.6. The minimum atomic E-state index is -0.0447. The number of hydrogen-bond acceptors (Lipinski definition) is 5. The number of piperidine rings is 1. The van der Waals surface area contributed by atoms with E-state index >= 15 is 0 Å². The number of furan rings is 1. The molecule has 0 atom stereocenters. The molecule has 3 heterocycles. The molecule has 1 aromatic carbocycles. The van der Waals surface area contributed by atoms with Crippen molar-refractivity contribution >= 4 is 22.6 Å². The van der Waals surface area contributed by atoms with E-state index in [-0.39, 0.29) is 5.91 Å². The Kier molecular flexibility index (Phi) is 4.56. The second kappa shape index (κ2) is 7.15. The molecule has 1 aliphatic rings. The van der Waals surface area contributed by atoms with Crippen LogP contribution >= 0.6 is 0 Å². The largest absolute Gasteiger partial charge is 0.467 e. The third kappa shape index (κ3) is 3.27. The van der Waals surface area contributed by atoms with Crippen molar-refractivity contribution in [1.29, 1.82) is 0 Å². The van der Waals surface area contributed by atoms with Crippen molar-refractivity contribution in [2.45, 2.75) is 25.8 Å². The van der Waals surface area contributed by atoms with E-state index in [9.17, 15) is 4.79 Å². The second-order valence-electron chi connectivity index (χ2n) is 6.72. The molecular weight excluding hydrogens is 328 g/mol. The molecule has 0 saturated carbocycles. The van der Waals surface area contributed by atoms with Gasteiger partial charge in [0.1, 0.15) is 17.9 Å². The Morgan fingerprint density at radius 1 is 1.19 bits per heavy atom. The maximum absolute atomic E-state index is 12.8. The quantitative estimate of drug-likeness (QED) is 0.721. The van der Waals surface area contributed by atoms with Crippen LogP contribution in [-0.2, 0) is 6.54 Å². The van der Waals surface area contributed by atoms with Gasteiger partial charge in [0.25, 0.3) is 5.91 Å². The van der Waals surface area contributed by atoms with E-state index in [1.54, 1.807) is 24.5 Å². The van der Waals surface area contributed by atoms with Crippen molar-refractivity contribution in [3.8, 4) is 0 Å². The van der Waals surface area contributed by atoms with Crippen molar-refractivity contribution in [2.75, 3.05) is 25.0 Å². The summed E-state index contributed by atoms with van der Waals surface area (Å²) in [7, 11) is 1.78. The molecule has 1 amide bonds. The van der Waals surface area contributed by atoms with Crippen LogP contribution in [0.25, 0.3) is 10.9 Å². The number of aromatic nitrogens is 2. The number of fused-ring (bicyclic) bond motifs is 1. The van der Waals surface area contributed by atoms with E-state index in [0.29, 0.717) is 12.1 Å². The van der Waals surface area contributed by atoms with Crippen LogP contribution in [0, 0.1) is 0 Å². The van der Waals surface area contributed by atoms with E-state index in [1.807, 2.05) is 30.3 Å². The zero-order valence-corrected chi connectivity index (χ0v) is 14.9. The van der Waals surface area contributed by atoms with Crippen LogP contribution in [0.4, 0.5) is 5.82 Å².